The first-order chi connectivity index (χ1) is 8.61. The lowest BCUT2D eigenvalue weighted by Gasteiger charge is -2.17. The molecule has 1 heterocycles. The Kier molecular flexibility index (Phi) is 4.01. The number of hydrogen-bond donors (Lipinski definition) is 2. The molecule has 0 aliphatic rings. The lowest BCUT2D eigenvalue weighted by Crippen LogP contribution is -2.28. The normalized spacial score (nSPS) is 12.4. The molecule has 0 radical (unpaired) electrons. The number of rotatable bonds is 4. The van der Waals surface area contributed by atoms with Crippen LogP contribution >= 0.6 is 11.3 Å². The van der Waals surface area contributed by atoms with E-state index in [1.807, 2.05) is 14.1 Å². The zero-order valence-electron chi connectivity index (χ0n) is 11.0. The number of thiophene rings is 1. The van der Waals surface area contributed by atoms with Crippen molar-refractivity contribution in [3.05, 3.63) is 51.7 Å². The molecule has 3 nitrogen and oxygen atoms in total. The van der Waals surface area contributed by atoms with Crippen LogP contribution in [-0.4, -0.2) is 14.1 Å². The largest absolute Gasteiger partial charge is 0.378 e. The third-order valence-corrected chi connectivity index (χ3v) is 3.87. The summed E-state index contributed by atoms with van der Waals surface area (Å²) >= 11 is 1.75. The van der Waals surface area contributed by atoms with E-state index in [0.29, 0.717) is 0 Å². The zero-order valence-corrected chi connectivity index (χ0v) is 11.8. The standard InChI is InChI=1S/C14H19N3S/c1-10-8-12(9-18-10)14(16-15)11-4-6-13(7-5-11)17(2)3/h4-9,14,16H,15H2,1-3H3. The molecule has 2 aromatic rings. The van der Waals surface area contributed by atoms with Crippen molar-refractivity contribution in [1.82, 2.24) is 5.43 Å². The molecule has 1 aromatic heterocycles. The molecule has 1 unspecified atom stereocenters. The summed E-state index contributed by atoms with van der Waals surface area (Å²) in [6.45, 7) is 2.11. The molecule has 1 aromatic carbocycles. The first-order valence-electron chi connectivity index (χ1n) is 5.90. The second kappa shape index (κ2) is 5.52. The van der Waals surface area contributed by atoms with Gasteiger partial charge in [0, 0.05) is 24.7 Å². The van der Waals surface area contributed by atoms with Gasteiger partial charge in [-0.1, -0.05) is 12.1 Å². The molecular formula is C14H19N3S. The number of hydrazine groups is 1. The number of nitrogens with one attached hydrogen (secondary N) is 1. The van der Waals surface area contributed by atoms with Crippen LogP contribution in [-0.2, 0) is 0 Å². The average Bonchev–Trinajstić information content (AvgIpc) is 2.77. The monoisotopic (exact) mass is 261 g/mol. The molecule has 18 heavy (non-hydrogen) atoms. The average molecular weight is 261 g/mol. The Balaban J connectivity index is 2.28. The Hall–Kier alpha value is -1.36. The molecule has 0 fully saturated rings. The predicted octanol–water partition coefficient (Wildman–Crippen LogP) is 2.68. The Morgan fingerprint density at radius 1 is 1.17 bits per heavy atom. The van der Waals surface area contributed by atoms with Gasteiger partial charge in [-0.05, 0) is 41.6 Å². The van der Waals surface area contributed by atoms with Crippen molar-refractivity contribution in [3.63, 3.8) is 0 Å². The van der Waals surface area contributed by atoms with E-state index in [4.69, 9.17) is 5.84 Å². The fraction of sp³-hybridized carbons (Fsp3) is 0.286. The number of benzene rings is 1. The van der Waals surface area contributed by atoms with Gasteiger partial charge >= 0.3 is 0 Å². The predicted molar refractivity (Wildman–Crippen MR) is 79.0 cm³/mol. The maximum Gasteiger partial charge on any atom is 0.0718 e. The van der Waals surface area contributed by atoms with Crippen LogP contribution < -0.4 is 16.2 Å². The highest BCUT2D eigenvalue weighted by molar-refractivity contribution is 7.10. The van der Waals surface area contributed by atoms with Crippen LogP contribution in [0.3, 0.4) is 0 Å². The van der Waals surface area contributed by atoms with E-state index in [9.17, 15) is 0 Å². The molecule has 0 aliphatic carbocycles. The lowest BCUT2D eigenvalue weighted by atomic mass is 10.0. The highest BCUT2D eigenvalue weighted by Crippen LogP contribution is 2.26. The smallest absolute Gasteiger partial charge is 0.0718 e. The van der Waals surface area contributed by atoms with Gasteiger partial charge in [0.25, 0.3) is 0 Å². The molecule has 1 atom stereocenters. The third kappa shape index (κ3) is 2.72. The minimum atomic E-state index is 0.0613. The summed E-state index contributed by atoms with van der Waals surface area (Å²) < 4.78 is 0. The van der Waals surface area contributed by atoms with Gasteiger partial charge in [0.1, 0.15) is 0 Å². The highest BCUT2D eigenvalue weighted by atomic mass is 32.1. The molecular weight excluding hydrogens is 242 g/mol. The summed E-state index contributed by atoms with van der Waals surface area (Å²) in [4.78, 5) is 3.39. The summed E-state index contributed by atoms with van der Waals surface area (Å²) in [5.41, 5.74) is 6.48. The highest BCUT2D eigenvalue weighted by Gasteiger charge is 2.13. The van der Waals surface area contributed by atoms with Crippen molar-refractivity contribution >= 4 is 17.0 Å². The van der Waals surface area contributed by atoms with Crippen LogP contribution in [0, 0.1) is 6.92 Å². The number of anilines is 1. The zero-order chi connectivity index (χ0) is 13.1. The Labute approximate surface area is 112 Å². The molecule has 96 valence electrons. The number of hydrogen-bond acceptors (Lipinski definition) is 4. The lowest BCUT2D eigenvalue weighted by molar-refractivity contribution is 0.638. The van der Waals surface area contributed by atoms with Crippen molar-refractivity contribution in [2.24, 2.45) is 5.84 Å². The van der Waals surface area contributed by atoms with E-state index in [1.165, 1.54) is 21.7 Å². The Bertz CT molecular complexity index is 502. The Morgan fingerprint density at radius 3 is 2.28 bits per heavy atom. The van der Waals surface area contributed by atoms with Crippen LogP contribution in [0.25, 0.3) is 0 Å². The van der Waals surface area contributed by atoms with Crippen LogP contribution in [0.1, 0.15) is 22.0 Å². The van der Waals surface area contributed by atoms with E-state index < -0.39 is 0 Å². The molecule has 0 amide bonds. The summed E-state index contributed by atoms with van der Waals surface area (Å²) in [5, 5.41) is 2.15. The molecule has 2 rings (SSSR count). The summed E-state index contributed by atoms with van der Waals surface area (Å²) in [7, 11) is 4.08. The van der Waals surface area contributed by atoms with E-state index in [2.05, 4.69) is 53.0 Å². The SMILES string of the molecule is Cc1cc(C(NN)c2ccc(N(C)C)cc2)cs1. The van der Waals surface area contributed by atoms with Gasteiger partial charge in [-0.2, -0.15) is 0 Å². The first-order valence-corrected chi connectivity index (χ1v) is 6.78. The fourth-order valence-electron chi connectivity index (χ4n) is 1.96. The molecule has 0 aliphatic heterocycles. The quantitative estimate of drug-likeness (QED) is 0.657. The second-order valence-electron chi connectivity index (χ2n) is 4.58. The van der Waals surface area contributed by atoms with Gasteiger partial charge in [-0.15, -0.1) is 11.3 Å². The van der Waals surface area contributed by atoms with Gasteiger partial charge in [0.2, 0.25) is 0 Å². The van der Waals surface area contributed by atoms with E-state index in [0.717, 1.165) is 0 Å². The van der Waals surface area contributed by atoms with Crippen molar-refractivity contribution < 1.29 is 0 Å². The van der Waals surface area contributed by atoms with Crippen LogP contribution in [0.15, 0.2) is 35.7 Å². The van der Waals surface area contributed by atoms with E-state index >= 15 is 0 Å². The van der Waals surface area contributed by atoms with Crippen molar-refractivity contribution in [2.75, 3.05) is 19.0 Å². The van der Waals surface area contributed by atoms with Crippen molar-refractivity contribution in [2.45, 2.75) is 13.0 Å². The molecule has 0 saturated carbocycles. The molecule has 0 spiro atoms. The molecule has 0 bridgehead atoms. The maximum absolute atomic E-state index is 5.69. The summed E-state index contributed by atoms with van der Waals surface area (Å²) in [6, 6.07) is 10.7. The van der Waals surface area contributed by atoms with Crippen LogP contribution in [0.4, 0.5) is 5.69 Å². The van der Waals surface area contributed by atoms with Gasteiger partial charge in [0.05, 0.1) is 6.04 Å². The van der Waals surface area contributed by atoms with E-state index in [-0.39, 0.29) is 6.04 Å². The van der Waals surface area contributed by atoms with Gasteiger partial charge in [-0.25, -0.2) is 5.43 Å². The van der Waals surface area contributed by atoms with Crippen LogP contribution in [0.5, 0.6) is 0 Å². The van der Waals surface area contributed by atoms with Crippen molar-refractivity contribution in [3.8, 4) is 0 Å². The topological polar surface area (TPSA) is 41.3 Å². The van der Waals surface area contributed by atoms with Gasteiger partial charge in [-0.3, -0.25) is 5.84 Å². The van der Waals surface area contributed by atoms with Crippen LogP contribution in [0.2, 0.25) is 0 Å². The minimum Gasteiger partial charge on any atom is -0.378 e. The maximum atomic E-state index is 5.69. The second-order valence-corrected chi connectivity index (χ2v) is 5.69. The van der Waals surface area contributed by atoms with Crippen molar-refractivity contribution in [1.29, 1.82) is 0 Å². The number of aryl methyl sites for hydroxylation is 1. The van der Waals surface area contributed by atoms with E-state index in [1.54, 1.807) is 11.3 Å². The number of nitrogens with zero attached hydrogens (tertiary/aromatic N) is 1. The fourth-order valence-corrected chi connectivity index (χ4v) is 2.70. The minimum absolute atomic E-state index is 0.0613. The molecule has 0 saturated heterocycles. The summed E-state index contributed by atoms with van der Waals surface area (Å²) in [5.74, 6) is 5.69. The first kappa shape index (κ1) is 13.1. The summed E-state index contributed by atoms with van der Waals surface area (Å²) in [6.07, 6.45) is 0. The number of nitrogens with two attached hydrogens (primary N) is 1. The van der Waals surface area contributed by atoms with Gasteiger partial charge in [0.15, 0.2) is 0 Å². The Morgan fingerprint density at radius 2 is 1.83 bits per heavy atom. The molecule has 4 heteroatoms. The van der Waals surface area contributed by atoms with Gasteiger partial charge < -0.3 is 4.90 Å². The third-order valence-electron chi connectivity index (χ3n) is 2.99. The molecule has 3 N–H and O–H groups in total.